The van der Waals surface area contributed by atoms with Crippen LogP contribution in [-0.2, 0) is 21.8 Å². The van der Waals surface area contributed by atoms with Crippen LogP contribution in [-0.4, -0.2) is 66.6 Å². The number of aromatic nitrogens is 3. The van der Waals surface area contributed by atoms with Crippen molar-refractivity contribution in [2.45, 2.75) is 25.4 Å². The van der Waals surface area contributed by atoms with Crippen molar-refractivity contribution in [3.8, 4) is 11.5 Å². The monoisotopic (exact) mass is 547 g/mol. The highest BCUT2D eigenvalue weighted by atomic mass is 32.1. The van der Waals surface area contributed by atoms with Gasteiger partial charge < -0.3 is 33.3 Å². The molecule has 2 saturated heterocycles. The molecule has 0 amide bonds. The predicted octanol–water partition coefficient (Wildman–Crippen LogP) is 4.41. The van der Waals surface area contributed by atoms with Gasteiger partial charge in [0.2, 0.25) is 5.79 Å². The highest BCUT2D eigenvalue weighted by Crippen LogP contribution is 2.37. The number of benzene rings is 2. The fourth-order valence-electron chi connectivity index (χ4n) is 5.04. The van der Waals surface area contributed by atoms with Crippen LogP contribution in [0.4, 0.5) is 10.8 Å². The Balaban J connectivity index is 1.06. The van der Waals surface area contributed by atoms with Crippen LogP contribution in [0.2, 0.25) is 0 Å². The molecule has 2 aliphatic heterocycles. The number of imidazole rings is 1. The fourth-order valence-corrected chi connectivity index (χ4v) is 5.73. The summed E-state index contributed by atoms with van der Waals surface area (Å²) in [6.45, 7) is 7.80. The lowest BCUT2D eigenvalue weighted by atomic mass is 10.1. The van der Waals surface area contributed by atoms with Gasteiger partial charge >= 0.3 is 0 Å². The van der Waals surface area contributed by atoms with Crippen LogP contribution in [0.25, 0.3) is 0 Å². The molecular weight excluding hydrogens is 514 g/mol. The number of thiazole rings is 1. The molecule has 39 heavy (non-hydrogen) atoms. The second-order valence-corrected chi connectivity index (χ2v) is 10.5. The number of ether oxygens (including phenoxy) is 4. The van der Waals surface area contributed by atoms with Gasteiger partial charge in [0, 0.05) is 61.4 Å². The normalized spacial score (nSPS) is 21.3. The summed E-state index contributed by atoms with van der Waals surface area (Å²) in [4.78, 5) is 13.4. The SMILES string of the molecule is CCOc1ccc([C@]2(Cn3ccnc3)OC[C@@H](COc3ccc(N4CCN(c5nccs5)CC4)cc3)O2)cc1. The minimum atomic E-state index is -0.926. The molecule has 0 N–H and O–H groups in total. The molecule has 2 atom stereocenters. The molecule has 2 aliphatic rings. The van der Waals surface area contributed by atoms with Crippen molar-refractivity contribution in [3.05, 3.63) is 84.4 Å². The molecule has 4 aromatic rings. The van der Waals surface area contributed by atoms with Crippen LogP contribution < -0.4 is 19.3 Å². The summed E-state index contributed by atoms with van der Waals surface area (Å²) in [5.41, 5.74) is 2.14. The quantitative estimate of drug-likeness (QED) is 0.289. The van der Waals surface area contributed by atoms with Crippen molar-refractivity contribution >= 4 is 22.2 Å². The highest BCUT2D eigenvalue weighted by molar-refractivity contribution is 7.13. The number of nitrogens with zero attached hydrogens (tertiary/aromatic N) is 5. The minimum absolute atomic E-state index is 0.210. The molecule has 0 radical (unpaired) electrons. The first kappa shape index (κ1) is 25.7. The maximum atomic E-state index is 6.54. The fraction of sp³-hybridized carbons (Fsp3) is 0.379. The van der Waals surface area contributed by atoms with Crippen LogP contribution in [0, 0.1) is 0 Å². The highest BCUT2D eigenvalue weighted by Gasteiger charge is 2.44. The van der Waals surface area contributed by atoms with E-state index in [2.05, 4.69) is 31.9 Å². The second kappa shape index (κ2) is 11.6. The van der Waals surface area contributed by atoms with E-state index in [4.69, 9.17) is 18.9 Å². The van der Waals surface area contributed by atoms with E-state index in [1.807, 2.05) is 65.7 Å². The van der Waals surface area contributed by atoms with Crippen LogP contribution in [0.3, 0.4) is 0 Å². The van der Waals surface area contributed by atoms with Gasteiger partial charge in [-0.15, -0.1) is 11.3 Å². The molecule has 2 fully saturated rings. The van der Waals surface area contributed by atoms with Gasteiger partial charge in [0.1, 0.15) is 24.2 Å². The summed E-state index contributed by atoms with van der Waals surface area (Å²) in [5, 5.41) is 3.14. The average Bonchev–Trinajstić information content (AvgIpc) is 3.77. The van der Waals surface area contributed by atoms with Gasteiger partial charge in [0.15, 0.2) is 5.13 Å². The van der Waals surface area contributed by atoms with Crippen molar-refractivity contribution in [2.75, 3.05) is 55.8 Å². The van der Waals surface area contributed by atoms with Gasteiger partial charge in [-0.25, -0.2) is 9.97 Å². The molecule has 4 heterocycles. The van der Waals surface area contributed by atoms with Gasteiger partial charge in [0.25, 0.3) is 0 Å². The van der Waals surface area contributed by atoms with E-state index in [9.17, 15) is 0 Å². The molecule has 0 aliphatic carbocycles. The van der Waals surface area contributed by atoms with E-state index in [-0.39, 0.29) is 6.10 Å². The third-order valence-corrected chi connectivity index (χ3v) is 7.85. The molecule has 0 bridgehead atoms. The Morgan fingerprint density at radius 2 is 1.69 bits per heavy atom. The first-order chi connectivity index (χ1) is 19.2. The standard InChI is InChI=1S/C29H33N5O4S/c1-2-35-25-7-3-23(4-8-25)29(21-32-13-11-30-22-32)37-20-27(38-29)19-36-26-9-5-24(6-10-26)33-14-16-34(17-15-33)28-31-12-18-39-28/h3-13,18,22,27H,2,14-17,19-21H2,1H3/t27-,29-/m1/s1. The topological polar surface area (TPSA) is 74.1 Å². The summed E-state index contributed by atoms with van der Waals surface area (Å²) >= 11 is 1.70. The van der Waals surface area contributed by atoms with Crippen molar-refractivity contribution in [2.24, 2.45) is 0 Å². The van der Waals surface area contributed by atoms with Gasteiger partial charge in [-0.05, 0) is 55.5 Å². The lowest BCUT2D eigenvalue weighted by molar-refractivity contribution is -0.189. The zero-order chi connectivity index (χ0) is 26.5. The molecule has 10 heteroatoms. The van der Waals surface area contributed by atoms with E-state index in [1.165, 1.54) is 5.69 Å². The Labute approximate surface area is 232 Å². The van der Waals surface area contributed by atoms with Crippen molar-refractivity contribution in [1.29, 1.82) is 0 Å². The van der Waals surface area contributed by atoms with Crippen LogP contribution >= 0.6 is 11.3 Å². The van der Waals surface area contributed by atoms with E-state index in [0.29, 0.717) is 26.4 Å². The molecule has 0 unspecified atom stereocenters. The Bertz CT molecular complexity index is 1290. The molecular formula is C29H33N5O4S. The second-order valence-electron chi connectivity index (χ2n) is 9.59. The molecule has 6 rings (SSSR count). The minimum Gasteiger partial charge on any atom is -0.494 e. The number of rotatable bonds is 10. The first-order valence-electron chi connectivity index (χ1n) is 13.3. The largest absolute Gasteiger partial charge is 0.494 e. The van der Waals surface area contributed by atoms with Gasteiger partial charge in [-0.2, -0.15) is 0 Å². The van der Waals surface area contributed by atoms with Gasteiger partial charge in [-0.1, -0.05) is 0 Å². The van der Waals surface area contributed by atoms with Crippen LogP contribution in [0.1, 0.15) is 12.5 Å². The summed E-state index contributed by atoms with van der Waals surface area (Å²) < 4.78 is 26.6. The van der Waals surface area contributed by atoms with E-state index < -0.39 is 5.79 Å². The molecule has 204 valence electrons. The molecule has 0 spiro atoms. The van der Waals surface area contributed by atoms with Crippen molar-refractivity contribution < 1.29 is 18.9 Å². The van der Waals surface area contributed by atoms with E-state index in [1.54, 1.807) is 23.9 Å². The van der Waals surface area contributed by atoms with Gasteiger partial charge in [-0.3, -0.25) is 0 Å². The van der Waals surface area contributed by atoms with Gasteiger partial charge in [0.05, 0.1) is 26.1 Å². The Morgan fingerprint density at radius 3 is 2.38 bits per heavy atom. The lowest BCUT2D eigenvalue weighted by Gasteiger charge is -2.36. The van der Waals surface area contributed by atoms with Crippen LogP contribution in [0.5, 0.6) is 11.5 Å². The number of piperazine rings is 1. The first-order valence-corrected chi connectivity index (χ1v) is 14.2. The maximum Gasteiger partial charge on any atom is 0.214 e. The Hall–Kier alpha value is -3.60. The average molecular weight is 548 g/mol. The van der Waals surface area contributed by atoms with Crippen molar-refractivity contribution in [1.82, 2.24) is 14.5 Å². The number of hydrogen-bond donors (Lipinski definition) is 0. The summed E-state index contributed by atoms with van der Waals surface area (Å²) in [7, 11) is 0. The number of hydrogen-bond acceptors (Lipinski definition) is 9. The molecule has 2 aromatic carbocycles. The van der Waals surface area contributed by atoms with E-state index in [0.717, 1.165) is 48.4 Å². The molecule has 0 saturated carbocycles. The molecule has 9 nitrogen and oxygen atoms in total. The zero-order valence-corrected chi connectivity index (χ0v) is 22.8. The Kier molecular flexibility index (Phi) is 7.67. The van der Waals surface area contributed by atoms with Crippen molar-refractivity contribution in [3.63, 3.8) is 0 Å². The van der Waals surface area contributed by atoms with Crippen LogP contribution in [0.15, 0.2) is 78.8 Å². The Morgan fingerprint density at radius 1 is 0.949 bits per heavy atom. The smallest absolute Gasteiger partial charge is 0.214 e. The van der Waals surface area contributed by atoms with E-state index >= 15 is 0 Å². The third-order valence-electron chi connectivity index (χ3n) is 7.02. The summed E-state index contributed by atoms with van der Waals surface area (Å²) in [5.74, 6) is 0.711. The lowest BCUT2D eigenvalue weighted by Crippen LogP contribution is -2.46. The predicted molar refractivity (Wildman–Crippen MR) is 151 cm³/mol. The molecule has 2 aromatic heterocycles. The maximum absolute atomic E-state index is 6.54. The zero-order valence-electron chi connectivity index (χ0n) is 22.0. The summed E-state index contributed by atoms with van der Waals surface area (Å²) in [6.07, 6.45) is 7.10. The number of anilines is 2. The summed E-state index contributed by atoms with van der Waals surface area (Å²) in [6, 6.07) is 16.2. The third kappa shape index (κ3) is 5.88.